The Morgan fingerprint density at radius 2 is 1.86 bits per heavy atom. The maximum Gasteiger partial charge on any atom is 0.254 e. The molecule has 5 rings (SSSR count). The van der Waals surface area contributed by atoms with Crippen molar-refractivity contribution < 1.29 is 14.3 Å². The van der Waals surface area contributed by atoms with Gasteiger partial charge in [-0.15, -0.1) is 0 Å². The molecular formula is C26H24N6O4. The van der Waals surface area contributed by atoms with Crippen LogP contribution in [0, 0.1) is 0 Å². The summed E-state index contributed by atoms with van der Waals surface area (Å²) in [4.78, 5) is 43.1. The molecule has 182 valence electrons. The van der Waals surface area contributed by atoms with Gasteiger partial charge in [-0.25, -0.2) is 15.0 Å². The van der Waals surface area contributed by atoms with Crippen molar-refractivity contribution in [1.82, 2.24) is 29.8 Å². The Kier molecular flexibility index (Phi) is 6.40. The molecule has 0 fully saturated rings. The molecule has 0 spiro atoms. The van der Waals surface area contributed by atoms with Crippen molar-refractivity contribution in [1.29, 1.82) is 0 Å². The molecule has 0 saturated heterocycles. The smallest absolute Gasteiger partial charge is 0.254 e. The van der Waals surface area contributed by atoms with Crippen molar-refractivity contribution in [2.45, 2.75) is 25.4 Å². The van der Waals surface area contributed by atoms with Gasteiger partial charge >= 0.3 is 0 Å². The first-order valence-corrected chi connectivity index (χ1v) is 11.4. The Bertz CT molecular complexity index is 1470. The lowest BCUT2D eigenvalue weighted by Crippen LogP contribution is -2.38. The molecule has 1 aliphatic rings. The van der Waals surface area contributed by atoms with Crippen molar-refractivity contribution in [3.05, 3.63) is 83.1 Å². The molecule has 10 nitrogen and oxygen atoms in total. The fourth-order valence-corrected chi connectivity index (χ4v) is 4.29. The Balaban J connectivity index is 1.43. The van der Waals surface area contributed by atoms with Gasteiger partial charge in [0.15, 0.2) is 11.5 Å². The number of rotatable bonds is 6. The number of nitrogens with one attached hydrogen (secondary N) is 1. The standard InChI is InChI=1S/C26H24N6O4/c1-35-22-6-5-16(11-23(22)36-2)17-10-18(14-28-13-17)26(34)31-20-4-3-9-32-24(33)12-21(30-25(20)32)19-7-8-27-15-29-19/h5-8,10-15,20H,3-4,9H2,1-2H3,(H,31,34). The summed E-state index contributed by atoms with van der Waals surface area (Å²) < 4.78 is 12.3. The second kappa shape index (κ2) is 9.95. The predicted molar refractivity (Wildman–Crippen MR) is 132 cm³/mol. The fraction of sp³-hybridized carbons (Fsp3) is 0.231. The molecular weight excluding hydrogens is 460 g/mol. The highest BCUT2D eigenvalue weighted by Gasteiger charge is 2.26. The van der Waals surface area contributed by atoms with Crippen LogP contribution in [0.4, 0.5) is 0 Å². The number of hydrogen-bond donors (Lipinski definition) is 1. The summed E-state index contributed by atoms with van der Waals surface area (Å²) in [6, 6.07) is 10.0. The molecule has 3 aromatic heterocycles. The highest BCUT2D eigenvalue weighted by molar-refractivity contribution is 5.95. The largest absolute Gasteiger partial charge is 0.493 e. The number of fused-ring (bicyclic) bond motifs is 1. The van der Waals surface area contributed by atoms with Gasteiger partial charge in [-0.2, -0.15) is 0 Å². The maximum absolute atomic E-state index is 13.2. The molecule has 0 aliphatic carbocycles. The molecule has 10 heteroatoms. The molecule has 1 atom stereocenters. The molecule has 1 unspecified atom stereocenters. The first-order valence-electron chi connectivity index (χ1n) is 11.4. The van der Waals surface area contributed by atoms with Gasteiger partial charge in [0.1, 0.15) is 12.2 Å². The van der Waals surface area contributed by atoms with E-state index >= 15 is 0 Å². The van der Waals surface area contributed by atoms with Gasteiger partial charge in [0.25, 0.3) is 11.5 Å². The van der Waals surface area contributed by atoms with Gasteiger partial charge in [-0.1, -0.05) is 6.07 Å². The van der Waals surface area contributed by atoms with Crippen LogP contribution < -0.4 is 20.3 Å². The Labute approximate surface area is 207 Å². The number of hydrogen-bond acceptors (Lipinski definition) is 8. The predicted octanol–water partition coefficient (Wildman–Crippen LogP) is 3.04. The zero-order valence-electron chi connectivity index (χ0n) is 19.8. The molecule has 4 aromatic rings. The number of ether oxygens (including phenoxy) is 2. The van der Waals surface area contributed by atoms with Crippen LogP contribution in [0.2, 0.25) is 0 Å². The van der Waals surface area contributed by atoms with Crippen LogP contribution in [-0.4, -0.2) is 44.6 Å². The first-order chi connectivity index (χ1) is 17.6. The Morgan fingerprint density at radius 1 is 1.00 bits per heavy atom. The number of nitrogens with zero attached hydrogens (tertiary/aromatic N) is 5. The summed E-state index contributed by atoms with van der Waals surface area (Å²) in [6.07, 6.45) is 7.61. The van der Waals surface area contributed by atoms with E-state index in [1.165, 1.54) is 18.6 Å². The normalized spacial score (nSPS) is 14.6. The first kappa shape index (κ1) is 23.2. The van der Waals surface area contributed by atoms with E-state index in [1.54, 1.807) is 49.4 Å². The van der Waals surface area contributed by atoms with Gasteiger partial charge in [0, 0.05) is 36.8 Å². The summed E-state index contributed by atoms with van der Waals surface area (Å²) in [5, 5.41) is 3.04. The zero-order chi connectivity index (χ0) is 25.1. The average Bonchev–Trinajstić information content (AvgIpc) is 2.93. The minimum Gasteiger partial charge on any atom is -0.493 e. The lowest BCUT2D eigenvalue weighted by atomic mass is 10.0. The molecule has 4 heterocycles. The van der Waals surface area contributed by atoms with Crippen LogP contribution in [0.25, 0.3) is 22.5 Å². The Hall–Kier alpha value is -4.60. The summed E-state index contributed by atoms with van der Waals surface area (Å²) >= 11 is 0. The van der Waals surface area contributed by atoms with E-state index in [-0.39, 0.29) is 11.5 Å². The molecule has 0 bridgehead atoms. The number of amides is 1. The van der Waals surface area contributed by atoms with Crippen LogP contribution in [0.5, 0.6) is 11.5 Å². The molecule has 1 N–H and O–H groups in total. The fourth-order valence-electron chi connectivity index (χ4n) is 4.29. The maximum atomic E-state index is 13.2. The average molecular weight is 485 g/mol. The topological polar surface area (TPSA) is 121 Å². The monoisotopic (exact) mass is 484 g/mol. The van der Waals surface area contributed by atoms with Crippen LogP contribution in [0.3, 0.4) is 0 Å². The summed E-state index contributed by atoms with van der Waals surface area (Å²) in [5.41, 5.74) is 2.81. The molecule has 1 aromatic carbocycles. The number of carbonyl (C=O) groups is 1. The second-order valence-corrected chi connectivity index (χ2v) is 8.28. The summed E-state index contributed by atoms with van der Waals surface area (Å²) in [6.45, 7) is 0.550. The van der Waals surface area contributed by atoms with Crippen LogP contribution in [0.1, 0.15) is 35.1 Å². The van der Waals surface area contributed by atoms with Crippen LogP contribution in [0.15, 0.2) is 66.1 Å². The van der Waals surface area contributed by atoms with E-state index in [9.17, 15) is 9.59 Å². The molecule has 1 amide bonds. The van der Waals surface area contributed by atoms with Crippen molar-refractivity contribution in [2.24, 2.45) is 0 Å². The molecule has 0 radical (unpaired) electrons. The number of carbonyl (C=O) groups excluding carboxylic acids is 1. The van der Waals surface area contributed by atoms with E-state index in [4.69, 9.17) is 9.47 Å². The van der Waals surface area contributed by atoms with Gasteiger partial charge in [0.05, 0.1) is 37.2 Å². The Morgan fingerprint density at radius 3 is 2.64 bits per heavy atom. The van der Waals surface area contributed by atoms with Gasteiger partial charge in [0.2, 0.25) is 0 Å². The van der Waals surface area contributed by atoms with Gasteiger partial charge in [-0.3, -0.25) is 19.1 Å². The van der Waals surface area contributed by atoms with E-state index < -0.39 is 6.04 Å². The molecule has 0 saturated carbocycles. The minimum atomic E-state index is -0.425. The highest BCUT2D eigenvalue weighted by atomic mass is 16.5. The summed E-state index contributed by atoms with van der Waals surface area (Å²) in [5.74, 6) is 1.41. The van der Waals surface area contributed by atoms with E-state index in [0.717, 1.165) is 17.5 Å². The lowest BCUT2D eigenvalue weighted by Gasteiger charge is -2.27. The van der Waals surface area contributed by atoms with Gasteiger partial charge in [-0.05, 0) is 42.7 Å². The quantitative estimate of drug-likeness (QED) is 0.443. The number of pyridine rings is 1. The van der Waals surface area contributed by atoms with E-state index in [1.807, 2.05) is 12.1 Å². The van der Waals surface area contributed by atoms with Crippen LogP contribution in [-0.2, 0) is 6.54 Å². The molecule has 1 aliphatic heterocycles. The zero-order valence-corrected chi connectivity index (χ0v) is 19.8. The lowest BCUT2D eigenvalue weighted by molar-refractivity contribution is 0.0927. The van der Waals surface area contributed by atoms with Crippen molar-refractivity contribution in [3.8, 4) is 34.0 Å². The third-order valence-corrected chi connectivity index (χ3v) is 6.09. The minimum absolute atomic E-state index is 0.176. The number of benzene rings is 1. The van der Waals surface area contributed by atoms with Crippen molar-refractivity contribution in [2.75, 3.05) is 14.2 Å². The molecule has 36 heavy (non-hydrogen) atoms. The van der Waals surface area contributed by atoms with Crippen LogP contribution >= 0.6 is 0 Å². The van der Waals surface area contributed by atoms with E-state index in [2.05, 4.69) is 25.3 Å². The number of methoxy groups -OCH3 is 2. The SMILES string of the molecule is COc1ccc(-c2cncc(C(=O)NC3CCCn4c3nc(-c3ccncn3)cc4=O)c2)cc1OC. The van der Waals surface area contributed by atoms with Crippen molar-refractivity contribution in [3.63, 3.8) is 0 Å². The van der Waals surface area contributed by atoms with E-state index in [0.29, 0.717) is 47.2 Å². The summed E-state index contributed by atoms with van der Waals surface area (Å²) in [7, 11) is 3.15. The van der Waals surface area contributed by atoms with Crippen molar-refractivity contribution >= 4 is 5.91 Å². The third kappa shape index (κ3) is 4.52. The number of aromatic nitrogens is 5. The third-order valence-electron chi connectivity index (χ3n) is 6.09. The highest BCUT2D eigenvalue weighted by Crippen LogP contribution is 2.32. The van der Waals surface area contributed by atoms with Gasteiger partial charge < -0.3 is 14.8 Å². The second-order valence-electron chi connectivity index (χ2n) is 8.28.